The number of hydrogen-bond donors (Lipinski definition) is 0. The second-order valence-corrected chi connectivity index (χ2v) is 11.6. The minimum absolute atomic E-state index is 0.159. The Balaban J connectivity index is 2.96. The molecule has 17 heavy (non-hydrogen) atoms. The fourth-order valence-corrected chi connectivity index (χ4v) is 2.67. The Morgan fingerprint density at radius 2 is 1.88 bits per heavy atom. The lowest BCUT2D eigenvalue weighted by Crippen LogP contribution is -2.43. The monoisotopic (exact) mass is 366 g/mol. The molecule has 0 aliphatic heterocycles. The number of alkyl halides is 1. The highest BCUT2D eigenvalue weighted by Gasteiger charge is 2.38. The van der Waals surface area contributed by atoms with Gasteiger partial charge in [-0.25, -0.2) is 4.39 Å². The highest BCUT2D eigenvalue weighted by Crippen LogP contribution is 2.37. The Morgan fingerprint density at radius 1 is 1.29 bits per heavy atom. The molecule has 0 unspecified atom stereocenters. The molecule has 1 rings (SSSR count). The molecule has 0 fully saturated rings. The summed E-state index contributed by atoms with van der Waals surface area (Å²) < 4.78 is 19.9. The fourth-order valence-electron chi connectivity index (χ4n) is 1.16. The maximum absolute atomic E-state index is 12.8. The van der Waals surface area contributed by atoms with Crippen LogP contribution in [0, 0.1) is 3.57 Å². The van der Waals surface area contributed by atoms with Gasteiger partial charge in [-0.3, -0.25) is 0 Å². The summed E-state index contributed by atoms with van der Waals surface area (Å²) in [5.41, 5.74) is 0.710. The van der Waals surface area contributed by atoms with Crippen molar-refractivity contribution in [3.05, 3.63) is 27.3 Å². The van der Waals surface area contributed by atoms with Crippen molar-refractivity contribution in [1.82, 2.24) is 0 Å². The van der Waals surface area contributed by atoms with Gasteiger partial charge in [0, 0.05) is 3.57 Å². The molecule has 0 aromatic heterocycles. The molecule has 0 atom stereocenters. The zero-order chi connectivity index (χ0) is 13.3. The molecular weight excluding hydrogens is 346 g/mol. The van der Waals surface area contributed by atoms with Crippen LogP contribution >= 0.6 is 22.6 Å². The fraction of sp³-hybridized carbons (Fsp3) is 0.538. The van der Waals surface area contributed by atoms with E-state index in [-0.39, 0.29) is 5.04 Å². The first-order chi connectivity index (χ1) is 7.67. The largest absolute Gasteiger partial charge is 0.543 e. The van der Waals surface area contributed by atoms with E-state index in [0.29, 0.717) is 5.56 Å². The summed E-state index contributed by atoms with van der Waals surface area (Å²) in [5, 5.41) is 0.159. The van der Waals surface area contributed by atoms with Crippen LogP contribution in [0.15, 0.2) is 18.2 Å². The molecule has 96 valence electrons. The van der Waals surface area contributed by atoms with Crippen LogP contribution in [0.5, 0.6) is 5.75 Å². The van der Waals surface area contributed by atoms with Crippen LogP contribution < -0.4 is 4.43 Å². The summed E-state index contributed by atoms with van der Waals surface area (Å²) in [5.74, 6) is 0.796. The molecule has 0 heterocycles. The van der Waals surface area contributed by atoms with Crippen molar-refractivity contribution in [2.24, 2.45) is 0 Å². The van der Waals surface area contributed by atoms with E-state index in [1.807, 2.05) is 18.2 Å². The van der Waals surface area contributed by atoms with E-state index >= 15 is 0 Å². The minimum Gasteiger partial charge on any atom is -0.543 e. The predicted octanol–water partition coefficient (Wildman–Crippen LogP) is 5.14. The van der Waals surface area contributed by atoms with Crippen LogP contribution in [-0.4, -0.2) is 8.32 Å². The number of halogens is 2. The van der Waals surface area contributed by atoms with E-state index in [1.165, 1.54) is 0 Å². The average molecular weight is 366 g/mol. The van der Waals surface area contributed by atoms with Crippen LogP contribution in [0.1, 0.15) is 26.3 Å². The summed E-state index contributed by atoms with van der Waals surface area (Å²) in [7, 11) is -1.82. The van der Waals surface area contributed by atoms with E-state index in [4.69, 9.17) is 4.43 Å². The first kappa shape index (κ1) is 15.0. The maximum atomic E-state index is 12.8. The molecule has 1 nitrogen and oxygen atoms in total. The van der Waals surface area contributed by atoms with Crippen LogP contribution in [0.25, 0.3) is 0 Å². The molecule has 1 aromatic rings. The van der Waals surface area contributed by atoms with Gasteiger partial charge in [0.25, 0.3) is 0 Å². The molecule has 0 aliphatic rings. The van der Waals surface area contributed by atoms with Crippen LogP contribution in [0.4, 0.5) is 4.39 Å². The molecule has 0 saturated carbocycles. The Morgan fingerprint density at radius 3 is 2.35 bits per heavy atom. The number of hydrogen-bond acceptors (Lipinski definition) is 1. The third-order valence-corrected chi connectivity index (χ3v) is 8.75. The summed E-state index contributed by atoms with van der Waals surface area (Å²) in [6.45, 7) is 10.5. The lowest BCUT2D eigenvalue weighted by atomic mass is 10.2. The summed E-state index contributed by atoms with van der Waals surface area (Å²) in [6, 6.07) is 5.67. The first-order valence-electron chi connectivity index (χ1n) is 5.71. The third-order valence-electron chi connectivity index (χ3n) is 3.34. The molecule has 0 aliphatic carbocycles. The zero-order valence-corrected chi connectivity index (χ0v) is 14.3. The van der Waals surface area contributed by atoms with Gasteiger partial charge in [-0.15, -0.1) is 0 Å². The summed E-state index contributed by atoms with van der Waals surface area (Å²) >= 11 is 2.15. The SMILES string of the molecule is CC(C)(C)[Si](C)(C)Oc1ccc(I)c(CF)c1. The Hall–Kier alpha value is -0.103. The highest BCUT2D eigenvalue weighted by atomic mass is 127. The van der Waals surface area contributed by atoms with Crippen molar-refractivity contribution in [2.75, 3.05) is 0 Å². The molecule has 1 aromatic carbocycles. The van der Waals surface area contributed by atoms with Crippen molar-refractivity contribution in [3.8, 4) is 5.75 Å². The van der Waals surface area contributed by atoms with Gasteiger partial charge in [-0.2, -0.15) is 0 Å². The molecule has 0 radical (unpaired) electrons. The predicted molar refractivity (Wildman–Crippen MR) is 81.8 cm³/mol. The Bertz CT molecular complexity index is 399. The van der Waals surface area contributed by atoms with Gasteiger partial charge in [-0.1, -0.05) is 20.8 Å². The second-order valence-electron chi connectivity index (χ2n) is 5.75. The van der Waals surface area contributed by atoms with Crippen molar-refractivity contribution in [2.45, 2.75) is 45.6 Å². The normalized spacial score (nSPS) is 12.6. The molecule has 0 amide bonds. The number of benzene rings is 1. The van der Waals surface area contributed by atoms with Crippen LogP contribution in [0.2, 0.25) is 18.1 Å². The van der Waals surface area contributed by atoms with Crippen molar-refractivity contribution < 1.29 is 8.82 Å². The van der Waals surface area contributed by atoms with Gasteiger partial charge >= 0.3 is 0 Å². The smallest absolute Gasteiger partial charge is 0.250 e. The molecule has 0 N–H and O–H groups in total. The van der Waals surface area contributed by atoms with E-state index in [9.17, 15) is 4.39 Å². The van der Waals surface area contributed by atoms with E-state index < -0.39 is 15.0 Å². The highest BCUT2D eigenvalue weighted by molar-refractivity contribution is 14.1. The van der Waals surface area contributed by atoms with Crippen molar-refractivity contribution in [1.29, 1.82) is 0 Å². The first-order valence-corrected chi connectivity index (χ1v) is 9.69. The topological polar surface area (TPSA) is 9.23 Å². The average Bonchev–Trinajstić information content (AvgIpc) is 2.19. The zero-order valence-electron chi connectivity index (χ0n) is 11.1. The standard InChI is InChI=1S/C13H20FIOSi/c1-13(2,3)17(4,5)16-11-6-7-12(15)10(8-11)9-14/h6-8H,9H2,1-5H3. The molecule has 0 bridgehead atoms. The summed E-state index contributed by atoms with van der Waals surface area (Å²) in [6.07, 6.45) is 0. The maximum Gasteiger partial charge on any atom is 0.250 e. The van der Waals surface area contributed by atoms with Crippen molar-refractivity contribution >= 4 is 30.9 Å². The lowest BCUT2D eigenvalue weighted by Gasteiger charge is -2.36. The minimum atomic E-state index is -1.82. The molecule has 4 heteroatoms. The Kier molecular flexibility index (Phi) is 4.63. The van der Waals surface area contributed by atoms with Crippen LogP contribution in [0.3, 0.4) is 0 Å². The van der Waals surface area contributed by atoms with E-state index in [2.05, 4.69) is 56.5 Å². The Labute approximate surface area is 118 Å². The van der Waals surface area contributed by atoms with Crippen molar-refractivity contribution in [3.63, 3.8) is 0 Å². The quantitative estimate of drug-likeness (QED) is 0.531. The number of rotatable bonds is 3. The van der Waals surface area contributed by atoms with E-state index in [0.717, 1.165) is 9.32 Å². The van der Waals surface area contributed by atoms with Gasteiger partial charge < -0.3 is 4.43 Å². The molecule has 0 spiro atoms. The molecular formula is C13H20FIOSi. The summed E-state index contributed by atoms with van der Waals surface area (Å²) in [4.78, 5) is 0. The molecule has 0 saturated heterocycles. The van der Waals surface area contributed by atoms with Gasteiger partial charge in [0.1, 0.15) is 12.4 Å². The second kappa shape index (κ2) is 5.26. The third kappa shape index (κ3) is 3.68. The van der Waals surface area contributed by atoms with Crippen LogP contribution in [-0.2, 0) is 6.67 Å². The van der Waals surface area contributed by atoms with Gasteiger partial charge in [0.2, 0.25) is 8.32 Å². The van der Waals surface area contributed by atoms with E-state index in [1.54, 1.807) is 0 Å². The van der Waals surface area contributed by atoms with Gasteiger partial charge in [0.05, 0.1) is 0 Å². The van der Waals surface area contributed by atoms with Gasteiger partial charge in [0.15, 0.2) is 0 Å². The van der Waals surface area contributed by atoms with Gasteiger partial charge in [-0.05, 0) is 64.5 Å². The lowest BCUT2D eigenvalue weighted by molar-refractivity contribution is 0.473.